The Morgan fingerprint density at radius 2 is 1.66 bits per heavy atom. The van der Waals surface area contributed by atoms with Crippen molar-refractivity contribution in [3.05, 3.63) is 71.2 Å². The molecule has 0 bridgehead atoms. The number of fused-ring (bicyclic) bond motifs is 1. The van der Waals surface area contributed by atoms with Crippen molar-refractivity contribution < 1.29 is 0 Å². The molecule has 7 nitrogen and oxygen atoms in total. The fourth-order valence-corrected chi connectivity index (χ4v) is 4.42. The quantitative estimate of drug-likeness (QED) is 0.472. The number of benzene rings is 2. The monoisotopic (exact) mass is 425 g/mol. The summed E-state index contributed by atoms with van der Waals surface area (Å²) in [5, 5.41) is 17.9. The van der Waals surface area contributed by atoms with Crippen molar-refractivity contribution in [2.75, 3.05) is 5.32 Å². The Kier molecular flexibility index (Phi) is 5.87. The van der Waals surface area contributed by atoms with Gasteiger partial charge in [0.1, 0.15) is 11.6 Å². The predicted molar refractivity (Wildman–Crippen MR) is 125 cm³/mol. The van der Waals surface area contributed by atoms with Crippen LogP contribution in [-0.4, -0.2) is 30.6 Å². The lowest BCUT2D eigenvalue weighted by atomic mass is 9.97. The normalized spacial score (nSPS) is 13.8. The SMILES string of the molecule is Cc1nc2c(c(NCc3ccc(-c4ccccc4-c4nnn[nH]4)cc3)n1)CCCCCC2. The smallest absolute Gasteiger partial charge is 0.180 e. The Hall–Kier alpha value is -3.61. The van der Waals surface area contributed by atoms with E-state index in [4.69, 9.17) is 9.97 Å². The van der Waals surface area contributed by atoms with E-state index >= 15 is 0 Å². The lowest BCUT2D eigenvalue weighted by Crippen LogP contribution is -2.12. The molecule has 5 rings (SSSR count). The van der Waals surface area contributed by atoms with E-state index in [-0.39, 0.29) is 0 Å². The first kappa shape index (κ1) is 20.3. The molecule has 2 aromatic heterocycles. The van der Waals surface area contributed by atoms with Crippen LogP contribution in [0.3, 0.4) is 0 Å². The van der Waals surface area contributed by atoms with Crippen LogP contribution in [-0.2, 0) is 19.4 Å². The summed E-state index contributed by atoms with van der Waals surface area (Å²) < 4.78 is 0. The molecule has 2 aromatic carbocycles. The minimum absolute atomic E-state index is 0.668. The van der Waals surface area contributed by atoms with Gasteiger partial charge in [-0.1, -0.05) is 61.4 Å². The van der Waals surface area contributed by atoms with Crippen molar-refractivity contribution in [2.24, 2.45) is 0 Å². The Morgan fingerprint density at radius 1 is 0.875 bits per heavy atom. The van der Waals surface area contributed by atoms with Gasteiger partial charge in [-0.2, -0.15) is 0 Å². The maximum Gasteiger partial charge on any atom is 0.180 e. The predicted octanol–water partition coefficient (Wildman–Crippen LogP) is 4.90. The number of rotatable bonds is 5. The van der Waals surface area contributed by atoms with E-state index in [1.165, 1.54) is 42.5 Å². The highest BCUT2D eigenvalue weighted by Gasteiger charge is 2.15. The zero-order valence-electron chi connectivity index (χ0n) is 18.3. The fourth-order valence-electron chi connectivity index (χ4n) is 4.42. The number of H-pyrrole nitrogens is 1. The molecule has 162 valence electrons. The van der Waals surface area contributed by atoms with Crippen LogP contribution in [0.4, 0.5) is 5.82 Å². The van der Waals surface area contributed by atoms with E-state index < -0.39 is 0 Å². The van der Waals surface area contributed by atoms with E-state index in [1.54, 1.807) is 0 Å². The molecule has 4 aromatic rings. The molecule has 0 radical (unpaired) electrons. The highest BCUT2D eigenvalue weighted by atomic mass is 15.5. The third-order valence-corrected chi connectivity index (χ3v) is 6.05. The number of hydrogen-bond acceptors (Lipinski definition) is 6. The third kappa shape index (κ3) is 4.37. The van der Waals surface area contributed by atoms with Crippen LogP contribution >= 0.6 is 0 Å². The highest BCUT2D eigenvalue weighted by Crippen LogP contribution is 2.30. The Bertz CT molecular complexity index is 1180. The first-order chi connectivity index (χ1) is 15.8. The molecule has 0 fully saturated rings. The molecule has 0 spiro atoms. The minimum atomic E-state index is 0.668. The van der Waals surface area contributed by atoms with Crippen LogP contribution in [0.2, 0.25) is 0 Å². The van der Waals surface area contributed by atoms with Crippen molar-refractivity contribution in [1.82, 2.24) is 30.6 Å². The molecule has 0 amide bonds. The van der Waals surface area contributed by atoms with E-state index in [9.17, 15) is 0 Å². The summed E-state index contributed by atoms with van der Waals surface area (Å²) in [5.74, 6) is 2.52. The van der Waals surface area contributed by atoms with Gasteiger partial charge in [0.25, 0.3) is 0 Å². The van der Waals surface area contributed by atoms with Crippen molar-refractivity contribution in [2.45, 2.75) is 52.0 Å². The van der Waals surface area contributed by atoms with Gasteiger partial charge in [0.05, 0.1) is 0 Å². The average Bonchev–Trinajstić information content (AvgIpc) is 3.34. The first-order valence-electron chi connectivity index (χ1n) is 11.3. The number of aryl methyl sites for hydroxylation is 2. The highest BCUT2D eigenvalue weighted by molar-refractivity contribution is 5.80. The molecule has 32 heavy (non-hydrogen) atoms. The number of nitrogens with one attached hydrogen (secondary N) is 2. The standard InChI is InChI=1S/C25H27N7/c1-17-27-23-11-5-3-2-4-10-22(23)24(28-17)26-16-18-12-14-19(15-13-18)20-8-6-7-9-21(20)25-29-31-32-30-25/h6-9,12-15H,2-5,10-11,16H2,1H3,(H,26,27,28)(H,29,30,31,32). The Labute approximate surface area is 187 Å². The lowest BCUT2D eigenvalue weighted by Gasteiger charge is -2.18. The maximum absolute atomic E-state index is 4.74. The number of tetrazole rings is 1. The van der Waals surface area contributed by atoms with Gasteiger partial charge in [-0.25, -0.2) is 15.1 Å². The Balaban J connectivity index is 1.35. The summed E-state index contributed by atoms with van der Waals surface area (Å²) in [6, 6.07) is 16.8. The number of hydrogen-bond donors (Lipinski definition) is 2. The van der Waals surface area contributed by atoms with E-state index in [0.717, 1.165) is 47.7 Å². The molecule has 0 saturated heterocycles. The summed E-state index contributed by atoms with van der Waals surface area (Å²) in [5.41, 5.74) is 6.96. The topological polar surface area (TPSA) is 92.3 Å². The van der Waals surface area contributed by atoms with E-state index in [2.05, 4.69) is 56.3 Å². The molecule has 2 heterocycles. The summed E-state index contributed by atoms with van der Waals surface area (Å²) in [7, 11) is 0. The molecule has 0 aliphatic heterocycles. The summed E-state index contributed by atoms with van der Waals surface area (Å²) in [6.45, 7) is 2.72. The van der Waals surface area contributed by atoms with Crippen molar-refractivity contribution in [1.29, 1.82) is 0 Å². The zero-order valence-corrected chi connectivity index (χ0v) is 18.3. The van der Waals surface area contributed by atoms with Gasteiger partial charge < -0.3 is 5.32 Å². The molecule has 0 saturated carbocycles. The molecular formula is C25H27N7. The summed E-state index contributed by atoms with van der Waals surface area (Å²) >= 11 is 0. The van der Waals surface area contributed by atoms with Crippen LogP contribution in [0.5, 0.6) is 0 Å². The summed E-state index contributed by atoms with van der Waals surface area (Å²) in [6.07, 6.45) is 7.14. The third-order valence-electron chi connectivity index (χ3n) is 6.05. The van der Waals surface area contributed by atoms with E-state index in [0.29, 0.717) is 5.82 Å². The van der Waals surface area contributed by atoms with E-state index in [1.807, 2.05) is 25.1 Å². The molecule has 7 heteroatoms. The molecule has 0 atom stereocenters. The second-order valence-electron chi connectivity index (χ2n) is 8.30. The molecule has 2 N–H and O–H groups in total. The largest absolute Gasteiger partial charge is 0.366 e. The molecule has 1 aliphatic rings. The number of nitrogens with zero attached hydrogens (tertiary/aromatic N) is 5. The number of anilines is 1. The van der Waals surface area contributed by atoms with Gasteiger partial charge in [0, 0.05) is 23.4 Å². The second-order valence-corrected chi connectivity index (χ2v) is 8.30. The second kappa shape index (κ2) is 9.26. The summed E-state index contributed by atoms with van der Waals surface area (Å²) in [4.78, 5) is 9.47. The first-order valence-corrected chi connectivity index (χ1v) is 11.3. The van der Waals surface area contributed by atoms with Crippen LogP contribution in [0.25, 0.3) is 22.5 Å². The average molecular weight is 426 g/mol. The maximum atomic E-state index is 4.74. The Morgan fingerprint density at radius 3 is 2.44 bits per heavy atom. The van der Waals surface area contributed by atoms with Crippen LogP contribution in [0.15, 0.2) is 48.5 Å². The van der Waals surface area contributed by atoms with Crippen molar-refractivity contribution in [3.8, 4) is 22.5 Å². The lowest BCUT2D eigenvalue weighted by molar-refractivity contribution is 0.605. The van der Waals surface area contributed by atoms with Crippen molar-refractivity contribution >= 4 is 5.82 Å². The van der Waals surface area contributed by atoms with Crippen LogP contribution < -0.4 is 5.32 Å². The zero-order chi connectivity index (χ0) is 21.8. The minimum Gasteiger partial charge on any atom is -0.366 e. The molecule has 0 unspecified atom stereocenters. The van der Waals surface area contributed by atoms with Gasteiger partial charge in [-0.05, 0) is 59.7 Å². The molecular weight excluding hydrogens is 398 g/mol. The van der Waals surface area contributed by atoms with Gasteiger partial charge in [-0.15, -0.1) is 5.10 Å². The van der Waals surface area contributed by atoms with Crippen molar-refractivity contribution in [3.63, 3.8) is 0 Å². The van der Waals surface area contributed by atoms with Gasteiger partial charge in [-0.3, -0.25) is 0 Å². The van der Waals surface area contributed by atoms with Crippen LogP contribution in [0.1, 0.15) is 48.3 Å². The number of aromatic nitrogens is 6. The molecule has 1 aliphatic carbocycles. The number of aromatic amines is 1. The van der Waals surface area contributed by atoms with Crippen LogP contribution in [0, 0.1) is 6.92 Å². The van der Waals surface area contributed by atoms with Gasteiger partial charge in [0.15, 0.2) is 5.82 Å². The van der Waals surface area contributed by atoms with Gasteiger partial charge in [0.2, 0.25) is 0 Å². The van der Waals surface area contributed by atoms with Gasteiger partial charge >= 0.3 is 0 Å². The fraction of sp³-hybridized carbons (Fsp3) is 0.320.